The molecule has 21 heavy (non-hydrogen) atoms. The van der Waals surface area contributed by atoms with Gasteiger partial charge in [0.1, 0.15) is 0 Å². The van der Waals surface area contributed by atoms with Crippen LogP contribution in [0.5, 0.6) is 0 Å². The van der Waals surface area contributed by atoms with Gasteiger partial charge in [-0.3, -0.25) is 0 Å². The number of benzene rings is 3. The first-order chi connectivity index (χ1) is 10.2. The summed E-state index contributed by atoms with van der Waals surface area (Å²) in [5.41, 5.74) is 7.26. The molecule has 0 aromatic heterocycles. The monoisotopic (exact) mass is 273 g/mol. The van der Waals surface area contributed by atoms with Gasteiger partial charge in [-0.05, 0) is 54.3 Å². The zero-order valence-corrected chi connectivity index (χ0v) is 12.4. The molecule has 0 spiro atoms. The van der Waals surface area contributed by atoms with Gasteiger partial charge in [0.05, 0.1) is 0 Å². The lowest BCUT2D eigenvalue weighted by Crippen LogP contribution is -1.94. The van der Waals surface area contributed by atoms with E-state index in [-0.39, 0.29) is 0 Å². The maximum atomic E-state index is 3.52. The Morgan fingerprint density at radius 2 is 1.48 bits per heavy atom. The second kappa shape index (κ2) is 5.84. The first kappa shape index (κ1) is 13.4. The van der Waals surface area contributed by atoms with E-state index in [2.05, 4.69) is 85.9 Å². The smallest absolute Gasteiger partial charge is 0.0420 e. The lowest BCUT2D eigenvalue weighted by atomic mass is 10.0. The molecule has 0 fully saturated rings. The molecule has 3 rings (SSSR count). The number of anilines is 2. The van der Waals surface area contributed by atoms with Crippen LogP contribution in [-0.2, 0) is 0 Å². The highest BCUT2D eigenvalue weighted by Gasteiger charge is 2.03. The van der Waals surface area contributed by atoms with E-state index in [1.165, 1.54) is 22.3 Å². The van der Waals surface area contributed by atoms with Crippen molar-refractivity contribution < 1.29 is 0 Å². The van der Waals surface area contributed by atoms with Crippen molar-refractivity contribution in [1.29, 1.82) is 0 Å². The molecule has 3 aromatic carbocycles. The maximum Gasteiger partial charge on any atom is 0.0420 e. The summed E-state index contributed by atoms with van der Waals surface area (Å²) in [5.74, 6) is 0. The molecular formula is C20H19N. The summed E-state index contributed by atoms with van der Waals surface area (Å²) < 4.78 is 0. The van der Waals surface area contributed by atoms with E-state index < -0.39 is 0 Å². The summed E-state index contributed by atoms with van der Waals surface area (Å²) >= 11 is 0. The molecule has 0 radical (unpaired) electrons. The van der Waals surface area contributed by atoms with Crippen LogP contribution < -0.4 is 5.32 Å². The molecule has 0 bridgehead atoms. The third kappa shape index (κ3) is 3.14. The highest BCUT2D eigenvalue weighted by Crippen LogP contribution is 2.27. The normalized spacial score (nSPS) is 10.4. The van der Waals surface area contributed by atoms with Crippen LogP contribution in [0.25, 0.3) is 11.1 Å². The highest BCUT2D eigenvalue weighted by atomic mass is 14.9. The van der Waals surface area contributed by atoms with E-state index in [4.69, 9.17) is 0 Å². The zero-order chi connectivity index (χ0) is 14.7. The third-order valence-electron chi connectivity index (χ3n) is 3.64. The van der Waals surface area contributed by atoms with Crippen LogP contribution in [0.1, 0.15) is 11.1 Å². The molecule has 1 nitrogen and oxygen atoms in total. The van der Waals surface area contributed by atoms with Crippen LogP contribution in [0.4, 0.5) is 11.4 Å². The minimum Gasteiger partial charge on any atom is -0.355 e. The largest absolute Gasteiger partial charge is 0.355 e. The molecule has 0 heterocycles. The Bertz CT molecular complexity index is 745. The fourth-order valence-corrected chi connectivity index (χ4v) is 2.45. The number of hydrogen-bond donors (Lipinski definition) is 1. The van der Waals surface area contributed by atoms with Gasteiger partial charge in [0, 0.05) is 11.4 Å². The van der Waals surface area contributed by atoms with E-state index in [0.29, 0.717) is 0 Å². The summed E-state index contributed by atoms with van der Waals surface area (Å²) in [6.45, 7) is 4.24. The second-order valence-corrected chi connectivity index (χ2v) is 5.39. The van der Waals surface area contributed by atoms with Gasteiger partial charge in [-0.15, -0.1) is 0 Å². The lowest BCUT2D eigenvalue weighted by molar-refractivity contribution is 1.41. The summed E-state index contributed by atoms with van der Waals surface area (Å²) in [6.07, 6.45) is 0. The van der Waals surface area contributed by atoms with Gasteiger partial charge in [-0.1, -0.05) is 54.6 Å². The lowest BCUT2D eigenvalue weighted by Gasteiger charge is -2.12. The third-order valence-corrected chi connectivity index (χ3v) is 3.64. The van der Waals surface area contributed by atoms with Crippen molar-refractivity contribution in [3.8, 4) is 11.1 Å². The molecular weight excluding hydrogens is 254 g/mol. The van der Waals surface area contributed by atoms with Gasteiger partial charge in [0.2, 0.25) is 0 Å². The average Bonchev–Trinajstić information content (AvgIpc) is 2.50. The number of rotatable bonds is 3. The van der Waals surface area contributed by atoms with Crippen LogP contribution in [0, 0.1) is 13.8 Å². The van der Waals surface area contributed by atoms with Gasteiger partial charge < -0.3 is 5.32 Å². The molecule has 104 valence electrons. The van der Waals surface area contributed by atoms with Crippen molar-refractivity contribution in [2.75, 3.05) is 5.32 Å². The van der Waals surface area contributed by atoms with E-state index in [9.17, 15) is 0 Å². The minimum atomic E-state index is 1.13. The Balaban J connectivity index is 1.95. The summed E-state index contributed by atoms with van der Waals surface area (Å²) in [5, 5.41) is 3.52. The molecule has 1 N–H and O–H groups in total. The molecule has 0 saturated heterocycles. The molecule has 0 aliphatic rings. The van der Waals surface area contributed by atoms with E-state index in [0.717, 1.165) is 11.4 Å². The topological polar surface area (TPSA) is 12.0 Å². The van der Waals surface area contributed by atoms with Gasteiger partial charge in [-0.25, -0.2) is 0 Å². The Kier molecular flexibility index (Phi) is 3.74. The molecule has 3 aromatic rings. The Labute approximate surface area is 126 Å². The van der Waals surface area contributed by atoms with Crippen molar-refractivity contribution in [2.45, 2.75) is 13.8 Å². The van der Waals surface area contributed by atoms with Gasteiger partial charge >= 0.3 is 0 Å². The van der Waals surface area contributed by atoms with Gasteiger partial charge in [0.15, 0.2) is 0 Å². The summed E-state index contributed by atoms with van der Waals surface area (Å²) in [7, 11) is 0. The SMILES string of the molecule is Cc1cccc(Nc2cc(-c3ccccc3)ccc2C)c1. The predicted molar refractivity (Wildman–Crippen MR) is 91.1 cm³/mol. The first-order valence-electron chi connectivity index (χ1n) is 7.22. The quantitative estimate of drug-likeness (QED) is 0.644. The average molecular weight is 273 g/mol. The number of nitrogens with one attached hydrogen (secondary N) is 1. The van der Waals surface area contributed by atoms with E-state index >= 15 is 0 Å². The Morgan fingerprint density at radius 3 is 2.24 bits per heavy atom. The number of hydrogen-bond acceptors (Lipinski definition) is 1. The highest BCUT2D eigenvalue weighted by molar-refractivity contribution is 5.73. The van der Waals surface area contributed by atoms with Crippen molar-refractivity contribution in [3.63, 3.8) is 0 Å². The first-order valence-corrected chi connectivity index (χ1v) is 7.22. The molecule has 0 saturated carbocycles. The van der Waals surface area contributed by atoms with Gasteiger partial charge in [-0.2, -0.15) is 0 Å². The van der Waals surface area contributed by atoms with Crippen molar-refractivity contribution in [3.05, 3.63) is 83.9 Å². The molecule has 0 unspecified atom stereocenters. The summed E-state index contributed by atoms with van der Waals surface area (Å²) in [4.78, 5) is 0. The standard InChI is InChI=1S/C20H19N/c1-15-7-6-10-19(13-15)21-20-14-18(12-11-16(20)2)17-8-4-3-5-9-17/h3-14,21H,1-2H3. The van der Waals surface area contributed by atoms with Crippen LogP contribution in [-0.4, -0.2) is 0 Å². The molecule has 0 atom stereocenters. The fraction of sp³-hybridized carbons (Fsp3) is 0.100. The van der Waals surface area contributed by atoms with Crippen molar-refractivity contribution in [2.24, 2.45) is 0 Å². The summed E-state index contributed by atoms with van der Waals surface area (Å²) in [6, 6.07) is 25.5. The molecule has 0 amide bonds. The Morgan fingerprint density at radius 1 is 0.667 bits per heavy atom. The van der Waals surface area contributed by atoms with Crippen LogP contribution in [0.2, 0.25) is 0 Å². The number of aryl methyl sites for hydroxylation is 2. The van der Waals surface area contributed by atoms with E-state index in [1.807, 2.05) is 6.07 Å². The predicted octanol–water partition coefficient (Wildman–Crippen LogP) is 5.71. The molecule has 0 aliphatic carbocycles. The van der Waals surface area contributed by atoms with Crippen molar-refractivity contribution in [1.82, 2.24) is 0 Å². The van der Waals surface area contributed by atoms with Crippen LogP contribution in [0.15, 0.2) is 72.8 Å². The molecule has 1 heteroatoms. The van der Waals surface area contributed by atoms with Gasteiger partial charge in [0.25, 0.3) is 0 Å². The fourth-order valence-electron chi connectivity index (χ4n) is 2.45. The maximum absolute atomic E-state index is 3.52. The zero-order valence-electron chi connectivity index (χ0n) is 12.4. The Hall–Kier alpha value is -2.54. The van der Waals surface area contributed by atoms with Crippen LogP contribution in [0.3, 0.4) is 0 Å². The van der Waals surface area contributed by atoms with Crippen molar-refractivity contribution >= 4 is 11.4 Å². The second-order valence-electron chi connectivity index (χ2n) is 5.39. The molecule has 0 aliphatic heterocycles. The van der Waals surface area contributed by atoms with E-state index in [1.54, 1.807) is 0 Å². The minimum absolute atomic E-state index is 1.13. The van der Waals surface area contributed by atoms with Crippen LogP contribution >= 0.6 is 0 Å².